The van der Waals surface area contributed by atoms with Crippen LogP contribution in [0.4, 0.5) is 0 Å². The normalized spacial score (nSPS) is 12.9. The van der Waals surface area contributed by atoms with Crippen molar-refractivity contribution in [3.63, 3.8) is 0 Å². The van der Waals surface area contributed by atoms with Gasteiger partial charge < -0.3 is 24.6 Å². The van der Waals surface area contributed by atoms with Gasteiger partial charge in [-0.25, -0.2) is 4.99 Å². The molecular formula is C18H27BrN4O3. The second-order valence-corrected chi connectivity index (χ2v) is 6.76. The third kappa shape index (κ3) is 5.03. The lowest BCUT2D eigenvalue weighted by Crippen LogP contribution is -2.45. The minimum atomic E-state index is 0.0916. The number of benzene rings is 1. The predicted molar refractivity (Wildman–Crippen MR) is 106 cm³/mol. The zero-order valence-corrected chi connectivity index (χ0v) is 17.4. The molecule has 0 fully saturated rings. The van der Waals surface area contributed by atoms with E-state index >= 15 is 0 Å². The number of halogens is 1. The Balaban J connectivity index is 2.08. The molecule has 1 heterocycles. The number of ether oxygens (including phenoxy) is 2. The Morgan fingerprint density at radius 2 is 2.00 bits per heavy atom. The molecule has 0 spiro atoms. The van der Waals surface area contributed by atoms with Crippen molar-refractivity contribution >= 4 is 27.8 Å². The van der Waals surface area contributed by atoms with Crippen molar-refractivity contribution in [1.82, 2.24) is 15.1 Å². The van der Waals surface area contributed by atoms with Gasteiger partial charge in [-0.1, -0.05) is 0 Å². The van der Waals surface area contributed by atoms with Gasteiger partial charge in [0.15, 0.2) is 17.5 Å². The Labute approximate surface area is 163 Å². The van der Waals surface area contributed by atoms with E-state index in [1.807, 2.05) is 49.8 Å². The van der Waals surface area contributed by atoms with Crippen LogP contribution in [0.3, 0.4) is 0 Å². The number of likely N-dealkylation sites (N-methyl/N-ethyl adjacent to an activating group) is 2. The maximum atomic E-state index is 12.3. The Bertz CT molecular complexity index is 662. The lowest BCUT2D eigenvalue weighted by Gasteiger charge is -2.25. The van der Waals surface area contributed by atoms with Gasteiger partial charge in [0.1, 0.15) is 0 Å². The molecule has 0 saturated heterocycles. The molecular weight excluding hydrogens is 400 g/mol. The smallest absolute Gasteiger partial charge is 0.242 e. The molecule has 1 aromatic carbocycles. The van der Waals surface area contributed by atoms with Crippen LogP contribution in [0.2, 0.25) is 0 Å². The number of rotatable bonds is 7. The molecule has 0 atom stereocenters. The molecule has 1 aromatic rings. The number of fused-ring (bicyclic) bond motifs is 1. The van der Waals surface area contributed by atoms with Crippen LogP contribution in [-0.4, -0.2) is 61.7 Å². The van der Waals surface area contributed by atoms with E-state index < -0.39 is 0 Å². The molecule has 144 valence electrons. The number of nitrogens with zero attached hydrogens (tertiary/aromatic N) is 3. The highest BCUT2D eigenvalue weighted by molar-refractivity contribution is 9.10. The number of hydrogen-bond acceptors (Lipinski definition) is 4. The fourth-order valence-electron chi connectivity index (χ4n) is 2.70. The molecule has 0 aromatic heterocycles. The summed E-state index contributed by atoms with van der Waals surface area (Å²) in [6, 6.07) is 3.91. The first-order valence-electron chi connectivity index (χ1n) is 8.85. The van der Waals surface area contributed by atoms with Crippen molar-refractivity contribution in [2.24, 2.45) is 4.99 Å². The second kappa shape index (κ2) is 9.66. The van der Waals surface area contributed by atoms with Crippen molar-refractivity contribution in [2.45, 2.75) is 27.3 Å². The molecule has 0 unspecified atom stereocenters. The molecule has 0 saturated carbocycles. The summed E-state index contributed by atoms with van der Waals surface area (Å²) in [6.07, 6.45) is 0. The van der Waals surface area contributed by atoms with Crippen molar-refractivity contribution in [2.75, 3.05) is 40.0 Å². The van der Waals surface area contributed by atoms with Gasteiger partial charge in [0.2, 0.25) is 12.7 Å². The monoisotopic (exact) mass is 426 g/mol. The highest BCUT2D eigenvalue weighted by atomic mass is 79.9. The fourth-order valence-corrected chi connectivity index (χ4v) is 3.31. The van der Waals surface area contributed by atoms with E-state index in [1.54, 1.807) is 0 Å². The van der Waals surface area contributed by atoms with Crippen molar-refractivity contribution in [3.8, 4) is 11.5 Å². The molecule has 1 aliphatic heterocycles. The summed E-state index contributed by atoms with van der Waals surface area (Å²) in [4.78, 5) is 20.7. The second-order valence-electron chi connectivity index (χ2n) is 5.90. The van der Waals surface area contributed by atoms with E-state index in [-0.39, 0.29) is 12.7 Å². The van der Waals surface area contributed by atoms with E-state index in [0.717, 1.165) is 28.1 Å². The minimum absolute atomic E-state index is 0.0916. The van der Waals surface area contributed by atoms with E-state index in [9.17, 15) is 4.79 Å². The Hall–Kier alpha value is -1.96. The van der Waals surface area contributed by atoms with Crippen LogP contribution in [-0.2, 0) is 11.3 Å². The summed E-state index contributed by atoms with van der Waals surface area (Å²) in [5.41, 5.74) is 1.000. The van der Waals surface area contributed by atoms with E-state index in [1.165, 1.54) is 0 Å². The molecule has 2 rings (SSSR count). The van der Waals surface area contributed by atoms with Gasteiger partial charge in [0.05, 0.1) is 17.6 Å². The molecule has 1 aliphatic rings. The van der Waals surface area contributed by atoms with Gasteiger partial charge >= 0.3 is 0 Å². The van der Waals surface area contributed by atoms with Crippen LogP contribution < -0.4 is 14.8 Å². The lowest BCUT2D eigenvalue weighted by molar-refractivity contribution is -0.131. The van der Waals surface area contributed by atoms with Crippen molar-refractivity contribution in [3.05, 3.63) is 22.2 Å². The largest absolute Gasteiger partial charge is 0.454 e. The van der Waals surface area contributed by atoms with Crippen molar-refractivity contribution < 1.29 is 14.3 Å². The summed E-state index contributed by atoms with van der Waals surface area (Å²) in [7, 11) is 1.87. The third-order valence-corrected chi connectivity index (χ3v) is 4.67. The van der Waals surface area contributed by atoms with Crippen LogP contribution >= 0.6 is 15.9 Å². The number of aliphatic imine (C=N–C) groups is 1. The number of hydrogen-bond donors (Lipinski definition) is 1. The maximum absolute atomic E-state index is 12.3. The number of carbonyl (C=O) groups excluding carboxylic acids is 1. The molecule has 0 aliphatic carbocycles. The Kier molecular flexibility index (Phi) is 7.56. The molecule has 1 N–H and O–H groups in total. The average Bonchev–Trinajstić information content (AvgIpc) is 3.08. The maximum Gasteiger partial charge on any atom is 0.242 e. The molecule has 1 amide bonds. The number of carbonyl (C=O) groups is 1. The summed E-state index contributed by atoms with van der Waals surface area (Å²) < 4.78 is 11.7. The van der Waals surface area contributed by atoms with Gasteiger partial charge in [0, 0.05) is 26.7 Å². The predicted octanol–water partition coefficient (Wildman–Crippen LogP) is 2.44. The summed E-state index contributed by atoms with van der Waals surface area (Å²) in [6.45, 7) is 9.12. The summed E-state index contributed by atoms with van der Waals surface area (Å²) in [5, 5.41) is 3.24. The molecule has 0 bridgehead atoms. The minimum Gasteiger partial charge on any atom is -0.454 e. The molecule has 8 heteroatoms. The quantitative estimate of drug-likeness (QED) is 0.535. The average molecular weight is 427 g/mol. The number of amides is 1. The molecule has 26 heavy (non-hydrogen) atoms. The van der Waals surface area contributed by atoms with Crippen LogP contribution in [0, 0.1) is 0 Å². The van der Waals surface area contributed by atoms with Crippen LogP contribution in [0.15, 0.2) is 21.6 Å². The van der Waals surface area contributed by atoms with Crippen LogP contribution in [0.5, 0.6) is 11.5 Å². The van der Waals surface area contributed by atoms with E-state index in [0.29, 0.717) is 32.1 Å². The van der Waals surface area contributed by atoms with Crippen LogP contribution in [0.1, 0.15) is 26.3 Å². The van der Waals surface area contributed by atoms with E-state index in [4.69, 9.17) is 9.47 Å². The topological polar surface area (TPSA) is 66.4 Å². The lowest BCUT2D eigenvalue weighted by atomic mass is 10.2. The first-order valence-corrected chi connectivity index (χ1v) is 9.64. The first kappa shape index (κ1) is 20.4. The zero-order valence-electron chi connectivity index (χ0n) is 15.8. The van der Waals surface area contributed by atoms with Gasteiger partial charge in [-0.05, 0) is 54.4 Å². The van der Waals surface area contributed by atoms with Gasteiger partial charge in [0.25, 0.3) is 0 Å². The Morgan fingerprint density at radius 3 is 2.65 bits per heavy atom. The SMILES string of the molecule is CCNC(=NCc1cc(Br)c2c(c1)OCO2)N(C)CC(=O)N(CC)CC. The fraction of sp³-hybridized carbons (Fsp3) is 0.556. The van der Waals surface area contributed by atoms with Gasteiger partial charge in [-0.15, -0.1) is 0 Å². The Morgan fingerprint density at radius 1 is 1.27 bits per heavy atom. The summed E-state index contributed by atoms with van der Waals surface area (Å²) >= 11 is 3.50. The standard InChI is InChI=1S/C18H27BrN4O3/c1-5-20-18(22(4)11-16(24)23(6-2)7-3)21-10-13-8-14(19)17-15(9-13)25-12-26-17/h8-9H,5-7,10-12H2,1-4H3,(H,20,21). The van der Waals surface area contributed by atoms with Crippen molar-refractivity contribution in [1.29, 1.82) is 0 Å². The molecule has 7 nitrogen and oxygen atoms in total. The highest BCUT2D eigenvalue weighted by Gasteiger charge is 2.18. The summed E-state index contributed by atoms with van der Waals surface area (Å²) in [5.74, 6) is 2.24. The molecule has 0 radical (unpaired) electrons. The van der Waals surface area contributed by atoms with Gasteiger partial charge in [-0.3, -0.25) is 4.79 Å². The van der Waals surface area contributed by atoms with Gasteiger partial charge in [-0.2, -0.15) is 0 Å². The zero-order chi connectivity index (χ0) is 19.1. The van der Waals surface area contributed by atoms with E-state index in [2.05, 4.69) is 26.2 Å². The first-order chi connectivity index (χ1) is 12.5. The third-order valence-electron chi connectivity index (χ3n) is 4.08. The highest BCUT2D eigenvalue weighted by Crippen LogP contribution is 2.40. The number of nitrogens with one attached hydrogen (secondary N) is 1. The number of guanidine groups is 1. The van der Waals surface area contributed by atoms with Crippen LogP contribution in [0.25, 0.3) is 0 Å².